The van der Waals surface area contributed by atoms with Gasteiger partial charge in [-0.05, 0) is 0 Å². The maximum atomic E-state index is 12.8. The molecule has 212 valence electrons. The van der Waals surface area contributed by atoms with Crippen LogP contribution in [0, 0.1) is 0 Å². The zero-order chi connectivity index (χ0) is 28.1. The second kappa shape index (κ2) is 10.5. The molecule has 2 fully saturated rings. The summed E-state index contributed by atoms with van der Waals surface area (Å²) in [5.74, 6) is 0.288. The van der Waals surface area contributed by atoms with E-state index in [1.54, 1.807) is 0 Å². The molecule has 0 radical (unpaired) electrons. The first-order valence-electron chi connectivity index (χ1n) is 12.0. The van der Waals surface area contributed by atoms with Gasteiger partial charge in [-0.15, -0.1) is 9.05 Å². The molecule has 6 rings (SSSR count). The Hall–Kier alpha value is -3.45. The molecular weight excluding hydrogens is 555 g/mol. The molecule has 0 aromatic carbocycles. The van der Waals surface area contributed by atoms with Crippen LogP contribution in [-0.2, 0) is 23.1 Å². The molecule has 0 aliphatic carbocycles. The lowest BCUT2D eigenvalue weighted by molar-refractivity contribution is -0.0549. The number of nitrogens with two attached hydrogens (primary N) is 1. The van der Waals surface area contributed by atoms with Crippen LogP contribution in [-0.4, -0.2) is 104 Å². The smallest absolute Gasteiger partial charge is 0.394 e. The fourth-order valence-electron chi connectivity index (χ4n) is 4.77. The molecule has 6 heterocycles. The van der Waals surface area contributed by atoms with Crippen molar-refractivity contribution in [3.8, 4) is 0 Å². The van der Waals surface area contributed by atoms with Gasteiger partial charge >= 0.3 is 8.25 Å². The summed E-state index contributed by atoms with van der Waals surface area (Å²) in [5, 5.41) is 41.5. The molecule has 2 aliphatic rings. The molecular formula is C21H24N8O10P+. The van der Waals surface area contributed by atoms with Crippen LogP contribution in [0.4, 0.5) is 5.82 Å². The Labute approximate surface area is 224 Å². The van der Waals surface area contributed by atoms with Crippen LogP contribution in [0.3, 0.4) is 0 Å². The third kappa shape index (κ3) is 4.44. The van der Waals surface area contributed by atoms with E-state index < -0.39 is 70.5 Å². The molecule has 9 atom stereocenters. The predicted molar refractivity (Wildman–Crippen MR) is 131 cm³/mol. The van der Waals surface area contributed by atoms with Crippen molar-refractivity contribution < 1.29 is 43.5 Å². The van der Waals surface area contributed by atoms with E-state index in [0.29, 0.717) is 0 Å². The number of nitrogens with zero attached hydrogens (tertiary/aromatic N) is 7. The van der Waals surface area contributed by atoms with E-state index in [2.05, 4.69) is 19.9 Å². The van der Waals surface area contributed by atoms with Crippen molar-refractivity contribution in [2.45, 2.75) is 49.1 Å². The molecule has 4 aromatic heterocycles. The first kappa shape index (κ1) is 26.8. The minimum Gasteiger partial charge on any atom is -0.394 e. The fourth-order valence-corrected chi connectivity index (χ4v) is 5.53. The van der Waals surface area contributed by atoms with Gasteiger partial charge in [0.05, 0.1) is 12.9 Å². The Balaban J connectivity index is 1.15. The van der Waals surface area contributed by atoms with E-state index in [0.717, 1.165) is 0 Å². The fraction of sp³-hybridized carbons (Fsp3) is 0.476. The van der Waals surface area contributed by atoms with Gasteiger partial charge in [-0.25, -0.2) is 19.9 Å². The number of ether oxygens (including phenoxy) is 2. The third-order valence-electron chi connectivity index (χ3n) is 6.78. The molecule has 0 spiro atoms. The number of aliphatic hydroxyl groups is 4. The van der Waals surface area contributed by atoms with Gasteiger partial charge in [0.1, 0.15) is 49.0 Å². The quantitative estimate of drug-likeness (QED) is 0.140. The Bertz CT molecular complexity index is 1610. The summed E-state index contributed by atoms with van der Waals surface area (Å²) in [6, 6.07) is 1.24. The first-order chi connectivity index (χ1) is 19.3. The molecule has 40 heavy (non-hydrogen) atoms. The van der Waals surface area contributed by atoms with Gasteiger partial charge in [-0.2, -0.15) is 0 Å². The second-order valence-electron chi connectivity index (χ2n) is 9.12. The van der Waals surface area contributed by atoms with Crippen LogP contribution >= 0.6 is 8.25 Å². The summed E-state index contributed by atoms with van der Waals surface area (Å²) in [6.07, 6.45) is -3.31. The Morgan fingerprint density at radius 2 is 1.80 bits per heavy atom. The average molecular weight is 579 g/mol. The van der Waals surface area contributed by atoms with Gasteiger partial charge < -0.3 is 35.6 Å². The number of hydrogen-bond donors (Lipinski definition) is 5. The SMILES string of the molecule is Nc1ncnc2c1ncn2[C@@H]1O[C@H](CO[P+](=O)O[C@@H]2[C@H](O)[C@@H](CO)O[C@H]2n2ccc(=O)n3ccnc23)[C@@H](O)[C@H]1O. The molecule has 2 saturated heterocycles. The van der Waals surface area contributed by atoms with Gasteiger partial charge in [-0.3, -0.25) is 18.3 Å². The van der Waals surface area contributed by atoms with Crippen molar-refractivity contribution in [3.05, 3.63) is 47.7 Å². The van der Waals surface area contributed by atoms with Crippen molar-refractivity contribution in [2.24, 2.45) is 0 Å². The Morgan fingerprint density at radius 3 is 2.60 bits per heavy atom. The van der Waals surface area contributed by atoms with Gasteiger partial charge in [0.25, 0.3) is 5.56 Å². The molecule has 2 aliphatic heterocycles. The van der Waals surface area contributed by atoms with E-state index in [9.17, 15) is 29.8 Å². The van der Waals surface area contributed by atoms with E-state index in [1.165, 1.54) is 50.8 Å². The van der Waals surface area contributed by atoms with E-state index >= 15 is 0 Å². The maximum Gasteiger partial charge on any atom is 0.698 e. The summed E-state index contributed by atoms with van der Waals surface area (Å²) < 4.78 is 39.1. The summed E-state index contributed by atoms with van der Waals surface area (Å²) in [5.41, 5.74) is 6.00. The van der Waals surface area contributed by atoms with Crippen molar-refractivity contribution in [3.63, 3.8) is 0 Å². The number of nitrogen functional groups attached to an aromatic ring is 1. The van der Waals surface area contributed by atoms with Crippen LogP contribution in [0.25, 0.3) is 16.9 Å². The molecule has 0 amide bonds. The van der Waals surface area contributed by atoms with Gasteiger partial charge in [0.15, 0.2) is 30.0 Å². The van der Waals surface area contributed by atoms with Crippen molar-refractivity contribution in [1.82, 2.24) is 33.5 Å². The number of rotatable bonds is 8. The van der Waals surface area contributed by atoms with Crippen LogP contribution < -0.4 is 11.3 Å². The van der Waals surface area contributed by atoms with Crippen LogP contribution in [0.1, 0.15) is 12.5 Å². The topological polar surface area (TPSA) is 244 Å². The van der Waals surface area contributed by atoms with Crippen LogP contribution in [0.5, 0.6) is 0 Å². The molecule has 0 saturated carbocycles. The maximum absolute atomic E-state index is 12.8. The standard InChI is InChI=1S/C21H24N8O10P/c22-17-12-18(25-7-24-17)29(8-26-12)19-15(34)13(32)10(38-19)6-36-40(35)39-16-14(33)9(5-30)37-20(16)28-3-1-11(31)27-4-2-23-21(27)28/h1-4,7-10,13-16,19-20,30,32-34H,5-6H2,(H2,22,24,25)/q+1/t9-,10-,13-,14-,15-,16-,19-,20-/m1/s1. The zero-order valence-corrected chi connectivity index (χ0v) is 21.3. The predicted octanol–water partition coefficient (Wildman–Crippen LogP) is -2.15. The van der Waals surface area contributed by atoms with Crippen molar-refractivity contribution in [1.29, 1.82) is 0 Å². The molecule has 6 N–H and O–H groups in total. The Morgan fingerprint density at radius 1 is 1.00 bits per heavy atom. The van der Waals surface area contributed by atoms with Crippen LogP contribution in [0.15, 0.2) is 42.1 Å². The van der Waals surface area contributed by atoms with Gasteiger partial charge in [-0.1, -0.05) is 0 Å². The molecule has 4 aromatic rings. The highest BCUT2D eigenvalue weighted by Crippen LogP contribution is 2.40. The minimum atomic E-state index is -2.94. The molecule has 18 nitrogen and oxygen atoms in total. The summed E-state index contributed by atoms with van der Waals surface area (Å²) in [6.45, 7) is -1.03. The average Bonchev–Trinajstić information content (AvgIpc) is 3.72. The monoisotopic (exact) mass is 579 g/mol. The number of aliphatic hydroxyl groups excluding tert-OH is 4. The molecule has 1 unspecified atom stereocenters. The summed E-state index contributed by atoms with van der Waals surface area (Å²) in [4.78, 5) is 28.3. The highest BCUT2D eigenvalue weighted by Gasteiger charge is 2.52. The van der Waals surface area contributed by atoms with E-state index in [1.807, 2.05) is 0 Å². The first-order valence-corrected chi connectivity index (χ1v) is 13.1. The lowest BCUT2D eigenvalue weighted by Crippen LogP contribution is -2.35. The van der Waals surface area contributed by atoms with E-state index in [-0.39, 0.29) is 28.3 Å². The zero-order valence-electron chi connectivity index (χ0n) is 20.4. The third-order valence-corrected chi connectivity index (χ3v) is 7.56. The number of imidazole rings is 2. The summed E-state index contributed by atoms with van der Waals surface area (Å²) >= 11 is 0. The summed E-state index contributed by atoms with van der Waals surface area (Å²) in [7, 11) is -2.94. The largest absolute Gasteiger partial charge is 0.698 e. The lowest BCUT2D eigenvalue weighted by Gasteiger charge is -2.19. The Kier molecular flexibility index (Phi) is 7.03. The van der Waals surface area contributed by atoms with Gasteiger partial charge in [0.2, 0.25) is 5.78 Å². The number of aromatic nitrogens is 7. The lowest BCUT2D eigenvalue weighted by atomic mass is 10.1. The number of hydrogen-bond acceptors (Lipinski definition) is 15. The normalized spacial score (nSPS) is 30.9. The highest BCUT2D eigenvalue weighted by molar-refractivity contribution is 7.33. The molecule has 0 bridgehead atoms. The number of anilines is 1. The molecule has 19 heteroatoms. The highest BCUT2D eigenvalue weighted by atomic mass is 31.1. The van der Waals surface area contributed by atoms with E-state index in [4.69, 9.17) is 24.3 Å². The van der Waals surface area contributed by atoms with Crippen LogP contribution in [0.2, 0.25) is 0 Å². The second-order valence-corrected chi connectivity index (χ2v) is 10.0. The van der Waals surface area contributed by atoms with Gasteiger partial charge in [0, 0.05) is 29.2 Å². The van der Waals surface area contributed by atoms with Crippen molar-refractivity contribution in [2.75, 3.05) is 18.9 Å². The van der Waals surface area contributed by atoms with Crippen molar-refractivity contribution >= 4 is 31.0 Å². The number of fused-ring (bicyclic) bond motifs is 2. The minimum absolute atomic E-state index is 0.126.